The molecule has 1 aromatic rings. The average Bonchev–Trinajstić information content (AvgIpc) is 2.32. The fourth-order valence-corrected chi connectivity index (χ4v) is 1.97. The predicted octanol–water partition coefficient (Wildman–Crippen LogP) is 4.10. The summed E-state index contributed by atoms with van der Waals surface area (Å²) in [6.45, 7) is 5.25. The van der Waals surface area contributed by atoms with Gasteiger partial charge < -0.3 is 9.53 Å². The van der Waals surface area contributed by atoms with Gasteiger partial charge in [0.25, 0.3) is 0 Å². The van der Waals surface area contributed by atoms with Crippen molar-refractivity contribution in [2.75, 3.05) is 7.05 Å². The highest BCUT2D eigenvalue weighted by molar-refractivity contribution is 6.33. The molecule has 0 N–H and O–H groups in total. The zero-order valence-corrected chi connectivity index (χ0v) is 13.3. The quantitative estimate of drug-likeness (QED) is 0.788. The summed E-state index contributed by atoms with van der Waals surface area (Å²) in [5.74, 6) is 0. The molecule has 4 nitrogen and oxygen atoms in total. The van der Waals surface area contributed by atoms with Gasteiger partial charge in [-0.05, 0) is 39.0 Å². The first-order chi connectivity index (χ1) is 9.15. The number of carbonyl (C=O) groups excluding carboxylic acids is 2. The van der Waals surface area contributed by atoms with Crippen molar-refractivity contribution in [1.82, 2.24) is 4.90 Å². The highest BCUT2D eigenvalue weighted by Crippen LogP contribution is 2.29. The first-order valence-electron chi connectivity index (χ1n) is 6.02. The number of ether oxygens (including phenoxy) is 1. The van der Waals surface area contributed by atoms with E-state index in [2.05, 4.69) is 0 Å². The van der Waals surface area contributed by atoms with Gasteiger partial charge in [-0.15, -0.1) is 0 Å². The van der Waals surface area contributed by atoms with E-state index in [1.807, 2.05) is 0 Å². The Hall–Kier alpha value is -1.26. The van der Waals surface area contributed by atoms with Crippen LogP contribution in [0.3, 0.4) is 0 Å². The van der Waals surface area contributed by atoms with Gasteiger partial charge in [0.1, 0.15) is 17.9 Å². The Balaban J connectivity index is 3.04. The largest absolute Gasteiger partial charge is 0.444 e. The Bertz CT molecular complexity index is 512. The normalized spacial score (nSPS) is 12.7. The molecule has 0 aliphatic rings. The molecule has 1 rings (SSSR count). The summed E-state index contributed by atoms with van der Waals surface area (Å²) in [7, 11) is 1.48. The van der Waals surface area contributed by atoms with Gasteiger partial charge in [-0.2, -0.15) is 0 Å². The van der Waals surface area contributed by atoms with Gasteiger partial charge >= 0.3 is 6.09 Å². The van der Waals surface area contributed by atoms with E-state index in [1.54, 1.807) is 39.0 Å². The fourth-order valence-electron chi connectivity index (χ4n) is 1.56. The number of nitrogens with zero attached hydrogens (tertiary/aromatic N) is 1. The summed E-state index contributed by atoms with van der Waals surface area (Å²) in [5, 5.41) is 0.802. The molecule has 0 bridgehead atoms. The van der Waals surface area contributed by atoms with Crippen molar-refractivity contribution < 1.29 is 14.3 Å². The molecule has 1 aromatic carbocycles. The summed E-state index contributed by atoms with van der Waals surface area (Å²) >= 11 is 12.0. The second-order valence-corrected chi connectivity index (χ2v) is 6.18. The molecule has 0 fully saturated rings. The van der Waals surface area contributed by atoms with Crippen LogP contribution >= 0.6 is 23.2 Å². The molecule has 0 saturated carbocycles. The van der Waals surface area contributed by atoms with Crippen LogP contribution in [0.4, 0.5) is 4.79 Å². The molecule has 20 heavy (non-hydrogen) atoms. The minimum absolute atomic E-state index is 0.363. The van der Waals surface area contributed by atoms with Gasteiger partial charge in [0, 0.05) is 22.7 Å². The monoisotopic (exact) mass is 317 g/mol. The zero-order chi connectivity index (χ0) is 15.5. The molecule has 1 unspecified atom stereocenters. The summed E-state index contributed by atoms with van der Waals surface area (Å²) < 4.78 is 5.23. The van der Waals surface area contributed by atoms with E-state index >= 15 is 0 Å². The Kier molecular flexibility index (Phi) is 5.42. The van der Waals surface area contributed by atoms with E-state index in [0.717, 1.165) is 0 Å². The number of carbonyl (C=O) groups is 2. The lowest BCUT2D eigenvalue weighted by Gasteiger charge is -2.28. The standard InChI is InChI=1S/C14H17Cl2NO3/c1-14(2,3)20-13(19)17(4)12(8-18)10-7-9(15)5-6-11(10)16/h5-8,12H,1-4H3. The van der Waals surface area contributed by atoms with E-state index < -0.39 is 17.7 Å². The van der Waals surface area contributed by atoms with Crippen LogP contribution in [0, 0.1) is 0 Å². The second-order valence-electron chi connectivity index (χ2n) is 5.34. The number of rotatable bonds is 3. The fraction of sp³-hybridized carbons (Fsp3) is 0.429. The molecule has 0 aliphatic carbocycles. The van der Waals surface area contributed by atoms with E-state index in [1.165, 1.54) is 11.9 Å². The molecule has 0 radical (unpaired) electrons. The molecule has 0 spiro atoms. The van der Waals surface area contributed by atoms with Gasteiger partial charge in [0.2, 0.25) is 0 Å². The van der Waals surface area contributed by atoms with Gasteiger partial charge in [-0.3, -0.25) is 4.90 Å². The van der Waals surface area contributed by atoms with Gasteiger partial charge in [0.05, 0.1) is 0 Å². The lowest BCUT2D eigenvalue weighted by molar-refractivity contribution is -0.112. The Morgan fingerprint density at radius 3 is 2.45 bits per heavy atom. The lowest BCUT2D eigenvalue weighted by atomic mass is 10.1. The van der Waals surface area contributed by atoms with Crippen molar-refractivity contribution in [3.8, 4) is 0 Å². The summed E-state index contributed by atoms with van der Waals surface area (Å²) in [6, 6.07) is 3.90. The van der Waals surface area contributed by atoms with Crippen molar-refractivity contribution in [2.24, 2.45) is 0 Å². The number of hydrogen-bond acceptors (Lipinski definition) is 3. The summed E-state index contributed by atoms with van der Waals surface area (Å²) in [4.78, 5) is 24.5. The minimum atomic E-state index is -0.851. The minimum Gasteiger partial charge on any atom is -0.444 e. The van der Waals surface area contributed by atoms with Crippen LogP contribution in [0.15, 0.2) is 18.2 Å². The number of halogens is 2. The molecule has 0 aromatic heterocycles. The number of hydrogen-bond donors (Lipinski definition) is 0. The Labute approximate surface area is 128 Å². The van der Waals surface area contributed by atoms with Crippen LogP contribution in [0.25, 0.3) is 0 Å². The highest BCUT2D eigenvalue weighted by atomic mass is 35.5. The van der Waals surface area contributed by atoms with E-state index in [-0.39, 0.29) is 0 Å². The van der Waals surface area contributed by atoms with Gasteiger partial charge in [0.15, 0.2) is 0 Å². The Morgan fingerprint density at radius 1 is 1.35 bits per heavy atom. The van der Waals surface area contributed by atoms with Crippen molar-refractivity contribution in [3.05, 3.63) is 33.8 Å². The van der Waals surface area contributed by atoms with Gasteiger partial charge in [-0.25, -0.2) is 4.79 Å². The third-order valence-corrected chi connectivity index (χ3v) is 3.08. The smallest absolute Gasteiger partial charge is 0.410 e. The van der Waals surface area contributed by atoms with E-state index in [9.17, 15) is 9.59 Å². The second kappa shape index (κ2) is 6.46. The molecule has 0 heterocycles. The molecule has 6 heteroatoms. The van der Waals surface area contributed by atoms with Crippen molar-refractivity contribution in [3.63, 3.8) is 0 Å². The maximum absolute atomic E-state index is 12.0. The molecule has 110 valence electrons. The number of benzene rings is 1. The van der Waals surface area contributed by atoms with E-state index in [0.29, 0.717) is 21.9 Å². The maximum Gasteiger partial charge on any atom is 0.410 e. The molecular weight excluding hydrogens is 301 g/mol. The van der Waals surface area contributed by atoms with Crippen LogP contribution in [0.5, 0.6) is 0 Å². The number of amides is 1. The topological polar surface area (TPSA) is 46.6 Å². The predicted molar refractivity (Wildman–Crippen MR) is 79.3 cm³/mol. The highest BCUT2D eigenvalue weighted by Gasteiger charge is 2.27. The molecule has 0 aliphatic heterocycles. The SMILES string of the molecule is CN(C(=O)OC(C)(C)C)C(C=O)c1cc(Cl)ccc1Cl. The number of aldehydes is 1. The van der Waals surface area contributed by atoms with Gasteiger partial charge in [-0.1, -0.05) is 23.2 Å². The summed E-state index contributed by atoms with van der Waals surface area (Å²) in [6.07, 6.45) is 0.0206. The maximum atomic E-state index is 12.0. The zero-order valence-electron chi connectivity index (χ0n) is 11.8. The molecular formula is C14H17Cl2NO3. The summed E-state index contributed by atoms with van der Waals surface area (Å²) in [5.41, 5.74) is -0.181. The van der Waals surface area contributed by atoms with Crippen molar-refractivity contribution in [1.29, 1.82) is 0 Å². The average molecular weight is 318 g/mol. The molecule has 1 amide bonds. The third-order valence-electron chi connectivity index (χ3n) is 2.50. The molecule has 0 saturated heterocycles. The first-order valence-corrected chi connectivity index (χ1v) is 6.77. The van der Waals surface area contributed by atoms with Crippen LogP contribution in [0.2, 0.25) is 10.0 Å². The Morgan fingerprint density at radius 2 is 1.95 bits per heavy atom. The van der Waals surface area contributed by atoms with E-state index in [4.69, 9.17) is 27.9 Å². The first kappa shape index (κ1) is 16.8. The van der Waals surface area contributed by atoms with Crippen LogP contribution in [0.1, 0.15) is 32.4 Å². The van der Waals surface area contributed by atoms with Crippen LogP contribution < -0.4 is 0 Å². The lowest BCUT2D eigenvalue weighted by Crippen LogP contribution is -2.37. The van der Waals surface area contributed by atoms with Crippen molar-refractivity contribution >= 4 is 35.6 Å². The van der Waals surface area contributed by atoms with Crippen LogP contribution in [-0.4, -0.2) is 29.9 Å². The molecule has 1 atom stereocenters. The van der Waals surface area contributed by atoms with Crippen LogP contribution in [-0.2, 0) is 9.53 Å². The van der Waals surface area contributed by atoms with Crippen molar-refractivity contribution in [2.45, 2.75) is 32.4 Å². The number of likely N-dealkylation sites (N-methyl/N-ethyl adjacent to an activating group) is 1. The third kappa shape index (κ3) is 4.39.